The zero-order chi connectivity index (χ0) is 12.4. The van der Waals surface area contributed by atoms with Crippen molar-refractivity contribution in [3.8, 4) is 11.3 Å². The Balaban J connectivity index is 2.47. The number of hydrogen-bond donors (Lipinski definition) is 1. The molecule has 0 atom stereocenters. The predicted octanol–water partition coefficient (Wildman–Crippen LogP) is 1.85. The third kappa shape index (κ3) is 2.50. The van der Waals surface area contributed by atoms with E-state index in [0.29, 0.717) is 16.8 Å². The van der Waals surface area contributed by atoms with Crippen molar-refractivity contribution >= 4 is 5.97 Å². The summed E-state index contributed by atoms with van der Waals surface area (Å²) in [7, 11) is 1.70. The highest BCUT2D eigenvalue weighted by Gasteiger charge is 2.13. The first-order chi connectivity index (χ1) is 8.06. The van der Waals surface area contributed by atoms with Crippen LogP contribution in [0.15, 0.2) is 30.5 Å². The number of aryl methyl sites for hydroxylation is 1. The molecule has 0 fully saturated rings. The van der Waals surface area contributed by atoms with Gasteiger partial charge in [-0.25, -0.2) is 4.39 Å². The van der Waals surface area contributed by atoms with Gasteiger partial charge in [-0.3, -0.25) is 9.48 Å². The molecule has 0 saturated heterocycles. The molecule has 88 valence electrons. The van der Waals surface area contributed by atoms with Crippen LogP contribution in [0.2, 0.25) is 0 Å². The van der Waals surface area contributed by atoms with Crippen molar-refractivity contribution in [1.82, 2.24) is 9.78 Å². The van der Waals surface area contributed by atoms with E-state index in [1.54, 1.807) is 25.4 Å². The number of carboxylic acid groups (broad SMARTS) is 1. The van der Waals surface area contributed by atoms with Crippen LogP contribution in [0.3, 0.4) is 0 Å². The Kier molecular flexibility index (Phi) is 2.91. The van der Waals surface area contributed by atoms with Crippen molar-refractivity contribution in [2.75, 3.05) is 0 Å². The number of hydrogen-bond acceptors (Lipinski definition) is 2. The van der Waals surface area contributed by atoms with E-state index in [1.165, 1.54) is 16.8 Å². The standard InChI is InChI=1S/C12H11FN2O2/c1-15-7-9(6-11(16)17)12(14-15)8-3-2-4-10(13)5-8/h2-5,7H,6H2,1H3,(H,16,17). The van der Waals surface area contributed by atoms with Crippen molar-refractivity contribution in [1.29, 1.82) is 0 Å². The molecule has 0 aliphatic heterocycles. The summed E-state index contributed by atoms with van der Waals surface area (Å²) in [5.74, 6) is -1.30. The van der Waals surface area contributed by atoms with Gasteiger partial charge in [-0.05, 0) is 12.1 Å². The van der Waals surface area contributed by atoms with Crippen molar-refractivity contribution in [2.24, 2.45) is 7.05 Å². The van der Waals surface area contributed by atoms with Crippen molar-refractivity contribution in [3.63, 3.8) is 0 Å². The Morgan fingerprint density at radius 1 is 1.53 bits per heavy atom. The summed E-state index contributed by atoms with van der Waals surface area (Å²) >= 11 is 0. The van der Waals surface area contributed by atoms with Crippen LogP contribution in [0.5, 0.6) is 0 Å². The molecule has 0 aliphatic rings. The average Bonchev–Trinajstić information content (AvgIpc) is 2.58. The van der Waals surface area contributed by atoms with E-state index in [1.807, 2.05) is 0 Å². The second-order valence-electron chi connectivity index (χ2n) is 3.76. The number of halogens is 1. The molecule has 1 N–H and O–H groups in total. The van der Waals surface area contributed by atoms with E-state index in [9.17, 15) is 9.18 Å². The normalized spacial score (nSPS) is 10.5. The molecule has 17 heavy (non-hydrogen) atoms. The number of carboxylic acids is 1. The van der Waals surface area contributed by atoms with E-state index < -0.39 is 5.97 Å². The van der Waals surface area contributed by atoms with Crippen molar-refractivity contribution < 1.29 is 14.3 Å². The van der Waals surface area contributed by atoms with Crippen LogP contribution in [0, 0.1) is 5.82 Å². The summed E-state index contributed by atoms with van der Waals surface area (Å²) in [6.07, 6.45) is 1.51. The number of carbonyl (C=O) groups is 1. The van der Waals surface area contributed by atoms with E-state index >= 15 is 0 Å². The molecule has 1 aromatic carbocycles. The minimum Gasteiger partial charge on any atom is -0.481 e. The van der Waals surface area contributed by atoms with Gasteiger partial charge in [0.05, 0.1) is 12.1 Å². The van der Waals surface area contributed by atoms with Gasteiger partial charge in [0.25, 0.3) is 0 Å². The van der Waals surface area contributed by atoms with Gasteiger partial charge < -0.3 is 5.11 Å². The maximum absolute atomic E-state index is 13.1. The maximum atomic E-state index is 13.1. The summed E-state index contributed by atoms with van der Waals surface area (Å²) in [6.45, 7) is 0. The first kappa shape index (κ1) is 11.3. The largest absolute Gasteiger partial charge is 0.481 e. The molecule has 0 aliphatic carbocycles. The fraction of sp³-hybridized carbons (Fsp3) is 0.167. The summed E-state index contributed by atoms with van der Waals surface area (Å²) in [5, 5.41) is 13.0. The number of rotatable bonds is 3. The van der Waals surface area contributed by atoms with Crippen LogP contribution >= 0.6 is 0 Å². The first-order valence-electron chi connectivity index (χ1n) is 5.06. The van der Waals surface area contributed by atoms with Crippen LogP contribution in [0.4, 0.5) is 4.39 Å². The van der Waals surface area contributed by atoms with Gasteiger partial charge in [-0.1, -0.05) is 12.1 Å². The highest BCUT2D eigenvalue weighted by atomic mass is 19.1. The van der Waals surface area contributed by atoms with Gasteiger partial charge >= 0.3 is 5.97 Å². The molecule has 2 rings (SSSR count). The van der Waals surface area contributed by atoms with E-state index in [4.69, 9.17) is 5.11 Å². The molecular weight excluding hydrogens is 223 g/mol. The molecule has 1 heterocycles. The minimum absolute atomic E-state index is 0.125. The van der Waals surface area contributed by atoms with Gasteiger partial charge in [0, 0.05) is 24.4 Å². The summed E-state index contributed by atoms with van der Waals surface area (Å²) in [5.41, 5.74) is 1.67. The second-order valence-corrected chi connectivity index (χ2v) is 3.76. The Morgan fingerprint density at radius 3 is 2.94 bits per heavy atom. The average molecular weight is 234 g/mol. The molecule has 0 amide bonds. The third-order valence-electron chi connectivity index (χ3n) is 2.34. The van der Waals surface area contributed by atoms with Gasteiger partial charge in [0.1, 0.15) is 5.82 Å². The van der Waals surface area contributed by atoms with Crippen LogP contribution in [-0.4, -0.2) is 20.9 Å². The highest BCUT2D eigenvalue weighted by Crippen LogP contribution is 2.22. The monoisotopic (exact) mass is 234 g/mol. The van der Waals surface area contributed by atoms with Crippen LogP contribution in [0.1, 0.15) is 5.56 Å². The van der Waals surface area contributed by atoms with Gasteiger partial charge in [0.15, 0.2) is 0 Å². The number of nitrogens with zero attached hydrogens (tertiary/aromatic N) is 2. The number of aromatic nitrogens is 2. The van der Waals surface area contributed by atoms with Crippen LogP contribution < -0.4 is 0 Å². The third-order valence-corrected chi connectivity index (χ3v) is 2.34. The quantitative estimate of drug-likeness (QED) is 0.881. The topological polar surface area (TPSA) is 55.1 Å². The van der Waals surface area contributed by atoms with Gasteiger partial charge in [-0.2, -0.15) is 5.10 Å². The lowest BCUT2D eigenvalue weighted by Crippen LogP contribution is -2.00. The smallest absolute Gasteiger partial charge is 0.307 e. The zero-order valence-electron chi connectivity index (χ0n) is 9.22. The Morgan fingerprint density at radius 2 is 2.29 bits per heavy atom. The number of aliphatic carboxylic acids is 1. The van der Waals surface area contributed by atoms with Crippen LogP contribution in [-0.2, 0) is 18.3 Å². The first-order valence-corrected chi connectivity index (χ1v) is 5.06. The zero-order valence-corrected chi connectivity index (χ0v) is 9.22. The summed E-state index contributed by atoms with van der Waals surface area (Å²) in [4.78, 5) is 10.7. The van der Waals surface area contributed by atoms with Crippen molar-refractivity contribution in [3.05, 3.63) is 41.8 Å². The summed E-state index contributed by atoms with van der Waals surface area (Å²) < 4.78 is 14.6. The molecule has 0 unspecified atom stereocenters. The van der Waals surface area contributed by atoms with Crippen LogP contribution in [0.25, 0.3) is 11.3 Å². The molecule has 1 aromatic heterocycles. The van der Waals surface area contributed by atoms with Gasteiger partial charge in [-0.15, -0.1) is 0 Å². The highest BCUT2D eigenvalue weighted by molar-refractivity contribution is 5.74. The lowest BCUT2D eigenvalue weighted by Gasteiger charge is -2.00. The lowest BCUT2D eigenvalue weighted by atomic mass is 10.1. The number of benzene rings is 1. The van der Waals surface area contributed by atoms with E-state index in [-0.39, 0.29) is 12.2 Å². The molecule has 0 bridgehead atoms. The SMILES string of the molecule is Cn1cc(CC(=O)O)c(-c2cccc(F)c2)n1. The molecular formula is C12H11FN2O2. The Hall–Kier alpha value is -2.17. The predicted molar refractivity (Wildman–Crippen MR) is 59.9 cm³/mol. The van der Waals surface area contributed by atoms with E-state index in [0.717, 1.165) is 0 Å². The summed E-state index contributed by atoms with van der Waals surface area (Å²) in [6, 6.07) is 5.96. The van der Waals surface area contributed by atoms with Gasteiger partial charge in [0.2, 0.25) is 0 Å². The lowest BCUT2D eigenvalue weighted by molar-refractivity contribution is -0.136. The molecule has 0 spiro atoms. The minimum atomic E-state index is -0.935. The fourth-order valence-electron chi connectivity index (χ4n) is 1.71. The molecule has 0 radical (unpaired) electrons. The maximum Gasteiger partial charge on any atom is 0.307 e. The Labute approximate surface area is 97.3 Å². The molecule has 0 saturated carbocycles. The fourth-order valence-corrected chi connectivity index (χ4v) is 1.71. The molecule has 2 aromatic rings. The molecule has 4 nitrogen and oxygen atoms in total. The second kappa shape index (κ2) is 4.37. The Bertz CT molecular complexity index is 563. The molecule has 5 heteroatoms. The van der Waals surface area contributed by atoms with E-state index in [2.05, 4.69) is 5.10 Å². The van der Waals surface area contributed by atoms with Crippen molar-refractivity contribution in [2.45, 2.75) is 6.42 Å².